The highest BCUT2D eigenvalue weighted by molar-refractivity contribution is 9.10. The predicted molar refractivity (Wildman–Crippen MR) is 80.9 cm³/mol. The van der Waals surface area contributed by atoms with Gasteiger partial charge in [-0.15, -0.1) is 0 Å². The van der Waals surface area contributed by atoms with E-state index in [1.54, 1.807) is 23.1 Å². The molecule has 5 heteroatoms. The fourth-order valence-corrected chi connectivity index (χ4v) is 2.59. The lowest BCUT2D eigenvalue weighted by Gasteiger charge is -2.30. The number of carbonyl (C=O) groups is 1. The molecule has 20 heavy (non-hydrogen) atoms. The second-order valence-corrected chi connectivity index (χ2v) is 5.32. The topological polar surface area (TPSA) is 56.1 Å². The maximum atomic E-state index is 12.2. The van der Waals surface area contributed by atoms with E-state index in [1.807, 2.05) is 24.3 Å². The number of hydrogen-bond acceptors (Lipinski definition) is 3. The number of nitriles is 1. The Morgan fingerprint density at radius 3 is 2.90 bits per heavy atom. The van der Waals surface area contributed by atoms with E-state index in [4.69, 9.17) is 5.26 Å². The Bertz CT molecular complexity index is 736. The normalized spacial score (nSPS) is 13.4. The van der Waals surface area contributed by atoms with Gasteiger partial charge in [-0.1, -0.05) is 22.0 Å². The van der Waals surface area contributed by atoms with Crippen molar-refractivity contribution < 1.29 is 4.79 Å². The number of hydrogen-bond donors (Lipinski definition) is 1. The van der Waals surface area contributed by atoms with E-state index in [1.165, 1.54) is 0 Å². The lowest BCUT2D eigenvalue weighted by molar-refractivity contribution is -0.116. The van der Waals surface area contributed by atoms with E-state index in [2.05, 4.69) is 27.3 Å². The Hall–Kier alpha value is -2.32. The average molecular weight is 328 g/mol. The maximum absolute atomic E-state index is 12.2. The van der Waals surface area contributed by atoms with Gasteiger partial charge in [-0.3, -0.25) is 9.69 Å². The number of halogens is 1. The van der Waals surface area contributed by atoms with E-state index in [9.17, 15) is 4.79 Å². The molecular weight excluding hydrogens is 318 g/mol. The lowest BCUT2D eigenvalue weighted by atomic mass is 10.1. The van der Waals surface area contributed by atoms with Gasteiger partial charge in [0.05, 0.1) is 35.2 Å². The predicted octanol–water partition coefficient (Wildman–Crippen LogP) is 3.41. The molecule has 3 rings (SSSR count). The van der Waals surface area contributed by atoms with Gasteiger partial charge in [0.2, 0.25) is 0 Å². The quantitative estimate of drug-likeness (QED) is 0.873. The maximum Gasteiger partial charge on any atom is 0.250 e. The molecule has 98 valence electrons. The van der Waals surface area contributed by atoms with Gasteiger partial charge in [0, 0.05) is 4.47 Å². The lowest BCUT2D eigenvalue weighted by Crippen LogP contribution is -2.36. The van der Waals surface area contributed by atoms with Crippen molar-refractivity contribution in [2.45, 2.75) is 0 Å². The molecule has 4 nitrogen and oxygen atoms in total. The van der Waals surface area contributed by atoms with Gasteiger partial charge in [-0.25, -0.2) is 0 Å². The molecule has 2 aromatic rings. The summed E-state index contributed by atoms with van der Waals surface area (Å²) in [5, 5.41) is 12.1. The van der Waals surface area contributed by atoms with E-state index in [-0.39, 0.29) is 12.5 Å². The number of benzene rings is 2. The summed E-state index contributed by atoms with van der Waals surface area (Å²) in [5.41, 5.74) is 2.92. The van der Waals surface area contributed by atoms with Crippen LogP contribution in [0.1, 0.15) is 5.56 Å². The summed E-state index contributed by atoms with van der Waals surface area (Å²) in [4.78, 5) is 13.8. The zero-order chi connectivity index (χ0) is 14.1. The molecule has 1 amide bonds. The summed E-state index contributed by atoms with van der Waals surface area (Å²) in [6, 6.07) is 14.8. The van der Waals surface area contributed by atoms with Gasteiger partial charge in [0.25, 0.3) is 5.91 Å². The van der Waals surface area contributed by atoms with Gasteiger partial charge in [0.1, 0.15) is 0 Å². The van der Waals surface area contributed by atoms with Crippen molar-refractivity contribution in [1.82, 2.24) is 0 Å². The van der Waals surface area contributed by atoms with Gasteiger partial charge in [-0.2, -0.15) is 5.26 Å². The number of anilines is 3. The van der Waals surface area contributed by atoms with Gasteiger partial charge < -0.3 is 5.32 Å². The second kappa shape index (κ2) is 4.99. The highest BCUT2D eigenvalue weighted by Crippen LogP contribution is 2.37. The van der Waals surface area contributed by atoms with Crippen LogP contribution in [0.4, 0.5) is 17.1 Å². The fraction of sp³-hybridized carbons (Fsp3) is 0.0667. The molecule has 0 unspecified atom stereocenters. The molecule has 0 aliphatic carbocycles. The average Bonchev–Trinajstić information content (AvgIpc) is 2.47. The molecule has 0 spiro atoms. The number of nitrogens with one attached hydrogen (secondary N) is 1. The van der Waals surface area contributed by atoms with Crippen molar-refractivity contribution >= 4 is 38.9 Å². The molecule has 2 aromatic carbocycles. The molecule has 0 radical (unpaired) electrons. The van der Waals surface area contributed by atoms with Crippen LogP contribution in [0.25, 0.3) is 0 Å². The molecule has 0 atom stereocenters. The van der Waals surface area contributed by atoms with Crippen LogP contribution < -0.4 is 10.2 Å². The van der Waals surface area contributed by atoms with Crippen molar-refractivity contribution in [2.75, 3.05) is 16.8 Å². The number of carbonyl (C=O) groups excluding carboxylic acids is 1. The summed E-state index contributed by atoms with van der Waals surface area (Å²) in [6.07, 6.45) is 0. The summed E-state index contributed by atoms with van der Waals surface area (Å²) in [5.74, 6) is -0.0464. The highest BCUT2D eigenvalue weighted by atomic mass is 79.9. The van der Waals surface area contributed by atoms with Crippen LogP contribution in [-0.4, -0.2) is 12.5 Å². The first-order chi connectivity index (χ1) is 9.69. The van der Waals surface area contributed by atoms with Crippen LogP contribution >= 0.6 is 15.9 Å². The minimum absolute atomic E-state index is 0.0464. The third-order valence-electron chi connectivity index (χ3n) is 3.11. The standard InChI is InChI=1S/C15H10BrN3O/c16-11-4-5-14-13(7-11)18-9-15(20)19(14)12-3-1-2-10(6-12)8-17/h1-7,18H,9H2. The van der Waals surface area contributed by atoms with Crippen LogP contribution in [0.5, 0.6) is 0 Å². The zero-order valence-electron chi connectivity index (χ0n) is 10.4. The van der Waals surface area contributed by atoms with E-state index in [0.717, 1.165) is 15.8 Å². The Kier molecular flexibility index (Phi) is 3.17. The molecule has 0 saturated heterocycles. The molecule has 1 aliphatic rings. The Morgan fingerprint density at radius 2 is 2.10 bits per heavy atom. The Balaban J connectivity index is 2.13. The van der Waals surface area contributed by atoms with E-state index >= 15 is 0 Å². The first kappa shape index (κ1) is 12.7. The number of rotatable bonds is 1. The summed E-state index contributed by atoms with van der Waals surface area (Å²) in [6.45, 7) is 0.236. The summed E-state index contributed by atoms with van der Waals surface area (Å²) in [7, 11) is 0. The largest absolute Gasteiger partial charge is 0.374 e. The van der Waals surface area contributed by atoms with Crippen molar-refractivity contribution in [3.05, 3.63) is 52.5 Å². The minimum Gasteiger partial charge on any atom is -0.374 e. The van der Waals surface area contributed by atoms with Gasteiger partial charge >= 0.3 is 0 Å². The first-order valence-electron chi connectivity index (χ1n) is 6.05. The van der Waals surface area contributed by atoms with Crippen LogP contribution in [0, 0.1) is 11.3 Å². The molecule has 0 fully saturated rings. The van der Waals surface area contributed by atoms with Crippen molar-refractivity contribution in [3.8, 4) is 6.07 Å². The summed E-state index contributed by atoms with van der Waals surface area (Å²) >= 11 is 3.42. The molecule has 0 saturated carbocycles. The fourth-order valence-electron chi connectivity index (χ4n) is 2.23. The third-order valence-corrected chi connectivity index (χ3v) is 3.61. The molecule has 1 heterocycles. The molecule has 0 aromatic heterocycles. The van der Waals surface area contributed by atoms with Gasteiger partial charge in [0.15, 0.2) is 0 Å². The van der Waals surface area contributed by atoms with E-state index in [0.29, 0.717) is 11.3 Å². The Morgan fingerprint density at radius 1 is 1.25 bits per heavy atom. The van der Waals surface area contributed by atoms with Crippen LogP contribution in [0.3, 0.4) is 0 Å². The molecule has 0 bridgehead atoms. The zero-order valence-corrected chi connectivity index (χ0v) is 12.0. The molecule has 1 N–H and O–H groups in total. The first-order valence-corrected chi connectivity index (χ1v) is 6.85. The van der Waals surface area contributed by atoms with Crippen molar-refractivity contribution in [1.29, 1.82) is 5.26 Å². The number of fused-ring (bicyclic) bond motifs is 1. The SMILES string of the molecule is N#Cc1cccc(N2C(=O)CNc3cc(Br)ccc32)c1. The summed E-state index contributed by atoms with van der Waals surface area (Å²) < 4.78 is 0.948. The third kappa shape index (κ3) is 2.15. The highest BCUT2D eigenvalue weighted by Gasteiger charge is 2.25. The van der Waals surface area contributed by atoms with Crippen LogP contribution in [-0.2, 0) is 4.79 Å². The molecular formula is C15H10BrN3O. The smallest absolute Gasteiger partial charge is 0.250 e. The van der Waals surface area contributed by atoms with Crippen LogP contribution in [0.15, 0.2) is 46.9 Å². The van der Waals surface area contributed by atoms with E-state index < -0.39 is 0 Å². The van der Waals surface area contributed by atoms with Crippen molar-refractivity contribution in [3.63, 3.8) is 0 Å². The second-order valence-electron chi connectivity index (χ2n) is 4.41. The monoisotopic (exact) mass is 327 g/mol. The molecule has 1 aliphatic heterocycles. The number of amides is 1. The van der Waals surface area contributed by atoms with Crippen LogP contribution in [0.2, 0.25) is 0 Å². The Labute approximate surface area is 124 Å². The number of nitrogens with zero attached hydrogens (tertiary/aromatic N) is 2. The minimum atomic E-state index is -0.0464. The van der Waals surface area contributed by atoms with Crippen molar-refractivity contribution in [2.24, 2.45) is 0 Å². The van der Waals surface area contributed by atoms with Gasteiger partial charge in [-0.05, 0) is 36.4 Å².